The molecule has 2 aromatic carbocycles. The number of nitrogens with zero attached hydrogens (tertiary/aromatic N) is 2. The Morgan fingerprint density at radius 1 is 1.21 bits per heavy atom. The highest BCUT2D eigenvalue weighted by molar-refractivity contribution is 6.34. The molecule has 0 saturated carbocycles. The average molecular weight is 479 g/mol. The first-order valence-electron chi connectivity index (χ1n) is 9.39. The molecule has 0 unspecified atom stereocenters. The van der Waals surface area contributed by atoms with E-state index in [1.807, 2.05) is 0 Å². The lowest BCUT2D eigenvalue weighted by Crippen LogP contribution is -2.28. The molecule has 0 bridgehead atoms. The van der Waals surface area contributed by atoms with E-state index in [0.29, 0.717) is 5.69 Å². The number of benzene rings is 2. The third-order valence-electron chi connectivity index (χ3n) is 4.71. The van der Waals surface area contributed by atoms with Gasteiger partial charge in [-0.15, -0.1) is 0 Å². The van der Waals surface area contributed by atoms with Gasteiger partial charge in [0.1, 0.15) is 5.75 Å². The van der Waals surface area contributed by atoms with Gasteiger partial charge < -0.3 is 15.4 Å². The lowest BCUT2D eigenvalue weighted by atomic mass is 10.1. The molecule has 1 aliphatic heterocycles. The van der Waals surface area contributed by atoms with E-state index >= 15 is 0 Å². The largest absolute Gasteiger partial charge is 0.482 e. The molecule has 2 heterocycles. The molecular formula is C21H14ClF3N4O4. The fraction of sp³-hybridized carbons (Fsp3) is 0.143. The van der Waals surface area contributed by atoms with Crippen LogP contribution in [0.5, 0.6) is 5.75 Å². The molecule has 3 aromatic rings. The number of fused-ring (bicyclic) bond motifs is 1. The second-order valence-corrected chi connectivity index (χ2v) is 7.45. The van der Waals surface area contributed by atoms with E-state index < -0.39 is 28.8 Å². The van der Waals surface area contributed by atoms with Crippen molar-refractivity contribution in [2.24, 2.45) is 0 Å². The number of alkyl halides is 3. The first-order valence-corrected chi connectivity index (χ1v) is 9.77. The van der Waals surface area contributed by atoms with Crippen LogP contribution in [0.4, 0.5) is 24.5 Å². The van der Waals surface area contributed by atoms with Gasteiger partial charge in [0.2, 0.25) is 5.43 Å². The van der Waals surface area contributed by atoms with E-state index in [-0.39, 0.29) is 40.4 Å². The molecule has 12 heteroatoms. The number of para-hydroxylation sites is 1. The highest BCUT2D eigenvalue weighted by atomic mass is 35.5. The minimum absolute atomic E-state index is 0.0303. The van der Waals surface area contributed by atoms with Crippen molar-refractivity contribution < 1.29 is 27.5 Å². The average Bonchev–Trinajstić information content (AvgIpc) is 2.74. The van der Waals surface area contributed by atoms with E-state index in [9.17, 15) is 27.6 Å². The highest BCUT2D eigenvalue weighted by Gasteiger charge is 2.34. The number of amides is 2. The van der Waals surface area contributed by atoms with Crippen LogP contribution in [-0.4, -0.2) is 28.2 Å². The Morgan fingerprint density at radius 2 is 1.94 bits per heavy atom. The van der Waals surface area contributed by atoms with Crippen LogP contribution in [0.2, 0.25) is 5.02 Å². The summed E-state index contributed by atoms with van der Waals surface area (Å²) in [6.45, 7) is 1.17. The van der Waals surface area contributed by atoms with E-state index in [1.54, 1.807) is 0 Å². The fourth-order valence-corrected chi connectivity index (χ4v) is 3.43. The number of ether oxygens (including phenoxy) is 1. The molecule has 2 amide bonds. The zero-order valence-corrected chi connectivity index (χ0v) is 17.5. The Morgan fingerprint density at radius 3 is 2.67 bits per heavy atom. The molecule has 2 N–H and O–H groups in total. The summed E-state index contributed by atoms with van der Waals surface area (Å²) in [6, 6.07) is 8.38. The summed E-state index contributed by atoms with van der Waals surface area (Å²) in [5, 5.41) is 8.89. The summed E-state index contributed by atoms with van der Waals surface area (Å²) in [6.07, 6.45) is -4.68. The van der Waals surface area contributed by atoms with Gasteiger partial charge in [-0.3, -0.25) is 14.4 Å². The number of hydrogen-bond acceptors (Lipinski definition) is 5. The molecular weight excluding hydrogens is 465 g/mol. The molecule has 8 nitrogen and oxygen atoms in total. The van der Waals surface area contributed by atoms with Crippen LogP contribution in [0, 0.1) is 6.92 Å². The SMILES string of the molecule is Cc1cc(=O)c(C(=O)Nc2cc3c(cc2Cl)NC(=O)CO3)nn1-c1ccccc1C(F)(F)F. The third kappa shape index (κ3) is 4.40. The van der Waals surface area contributed by atoms with Crippen molar-refractivity contribution in [2.45, 2.75) is 13.1 Å². The smallest absolute Gasteiger partial charge is 0.418 e. The van der Waals surface area contributed by atoms with Gasteiger partial charge >= 0.3 is 6.18 Å². The molecule has 0 atom stereocenters. The third-order valence-corrected chi connectivity index (χ3v) is 5.02. The number of aryl methyl sites for hydroxylation is 1. The van der Waals surface area contributed by atoms with Gasteiger partial charge in [0.15, 0.2) is 12.3 Å². The lowest BCUT2D eigenvalue weighted by molar-refractivity contribution is -0.137. The predicted octanol–water partition coefficient (Wildman–Crippen LogP) is 3.80. The van der Waals surface area contributed by atoms with Gasteiger partial charge in [0, 0.05) is 17.8 Å². The maximum atomic E-state index is 13.5. The quantitative estimate of drug-likeness (QED) is 0.596. The van der Waals surface area contributed by atoms with Gasteiger partial charge in [-0.05, 0) is 25.1 Å². The molecule has 1 aromatic heterocycles. The molecule has 4 rings (SSSR count). The van der Waals surface area contributed by atoms with E-state index in [4.69, 9.17) is 16.3 Å². The van der Waals surface area contributed by atoms with Crippen molar-refractivity contribution in [3.63, 3.8) is 0 Å². The van der Waals surface area contributed by atoms with Gasteiger partial charge in [-0.2, -0.15) is 18.3 Å². The Labute approximate surface area is 188 Å². The summed E-state index contributed by atoms with van der Waals surface area (Å²) in [4.78, 5) is 36.7. The van der Waals surface area contributed by atoms with Crippen molar-refractivity contribution in [2.75, 3.05) is 17.2 Å². The number of rotatable bonds is 3. The lowest BCUT2D eigenvalue weighted by Gasteiger charge is -2.20. The number of aromatic nitrogens is 2. The number of nitrogens with one attached hydrogen (secondary N) is 2. The van der Waals surface area contributed by atoms with Crippen molar-refractivity contribution >= 4 is 34.8 Å². The Hall–Kier alpha value is -3.86. The summed E-state index contributed by atoms with van der Waals surface area (Å²) < 4.78 is 46.5. The molecule has 33 heavy (non-hydrogen) atoms. The van der Waals surface area contributed by atoms with Crippen molar-refractivity contribution in [1.29, 1.82) is 0 Å². The fourth-order valence-electron chi connectivity index (χ4n) is 3.22. The van der Waals surface area contributed by atoms with Crippen LogP contribution in [0.15, 0.2) is 47.3 Å². The zero-order valence-electron chi connectivity index (χ0n) is 16.8. The van der Waals surface area contributed by atoms with Crippen molar-refractivity contribution in [3.8, 4) is 11.4 Å². The zero-order chi connectivity index (χ0) is 23.9. The number of carbonyl (C=O) groups is 2. The topological polar surface area (TPSA) is 102 Å². The summed E-state index contributed by atoms with van der Waals surface area (Å²) in [5.41, 5.74) is -2.29. The monoisotopic (exact) mass is 478 g/mol. The molecule has 170 valence electrons. The Balaban J connectivity index is 1.72. The standard InChI is InChI=1S/C21H14ClF3N4O4/c1-10-6-16(30)19(28-29(10)15-5-3-2-4-11(15)21(23,24)25)20(32)27-13-8-17-14(7-12(13)22)26-18(31)9-33-17/h2-8H,9H2,1H3,(H,26,31)(H,27,32). The minimum atomic E-state index is -4.68. The first-order chi connectivity index (χ1) is 15.5. The van der Waals surface area contributed by atoms with E-state index in [2.05, 4.69) is 15.7 Å². The molecule has 0 radical (unpaired) electrons. The van der Waals surface area contributed by atoms with Gasteiger partial charge in [0.05, 0.1) is 27.6 Å². The van der Waals surface area contributed by atoms with Crippen molar-refractivity contribution in [3.05, 3.63) is 74.7 Å². The summed E-state index contributed by atoms with van der Waals surface area (Å²) in [7, 11) is 0. The Bertz CT molecular complexity index is 1350. The van der Waals surface area contributed by atoms with Crippen molar-refractivity contribution in [1.82, 2.24) is 9.78 Å². The van der Waals surface area contributed by atoms with Gasteiger partial charge in [0.25, 0.3) is 11.8 Å². The number of hydrogen-bond donors (Lipinski definition) is 2. The minimum Gasteiger partial charge on any atom is -0.482 e. The van der Waals surface area contributed by atoms with E-state index in [1.165, 1.54) is 37.3 Å². The van der Waals surface area contributed by atoms with Gasteiger partial charge in [-0.1, -0.05) is 23.7 Å². The van der Waals surface area contributed by atoms with Crippen LogP contribution in [-0.2, 0) is 11.0 Å². The number of halogens is 4. The molecule has 0 aliphatic carbocycles. The molecule has 0 saturated heterocycles. The van der Waals surface area contributed by atoms with E-state index in [0.717, 1.165) is 16.8 Å². The summed E-state index contributed by atoms with van der Waals surface area (Å²) in [5.74, 6) is -1.12. The predicted molar refractivity (Wildman–Crippen MR) is 113 cm³/mol. The van der Waals surface area contributed by atoms with Gasteiger partial charge in [-0.25, -0.2) is 4.68 Å². The normalized spacial score (nSPS) is 13.1. The van der Waals surface area contributed by atoms with Crippen LogP contribution in [0.25, 0.3) is 5.69 Å². The molecule has 0 fully saturated rings. The Kier molecular flexibility index (Phi) is 5.58. The van der Waals surface area contributed by atoms with Crippen LogP contribution < -0.4 is 20.8 Å². The van der Waals surface area contributed by atoms with Crippen LogP contribution in [0.3, 0.4) is 0 Å². The van der Waals surface area contributed by atoms with Crippen LogP contribution >= 0.6 is 11.6 Å². The molecule has 0 spiro atoms. The maximum absolute atomic E-state index is 13.5. The second kappa shape index (κ2) is 8.24. The second-order valence-electron chi connectivity index (χ2n) is 7.04. The first kappa shape index (κ1) is 22.3. The number of carbonyl (C=O) groups excluding carboxylic acids is 2. The highest BCUT2D eigenvalue weighted by Crippen LogP contribution is 2.36. The van der Waals surface area contributed by atoms with Crippen LogP contribution in [0.1, 0.15) is 21.7 Å². The maximum Gasteiger partial charge on any atom is 0.418 e. The summed E-state index contributed by atoms with van der Waals surface area (Å²) >= 11 is 6.15. The number of anilines is 2. The molecule has 1 aliphatic rings.